The van der Waals surface area contributed by atoms with Crippen molar-refractivity contribution >= 4 is 34.9 Å². The first-order chi connectivity index (χ1) is 14.1. The number of H-pyrrole nitrogens is 1. The number of hydrogen-bond donors (Lipinski definition) is 2. The predicted molar refractivity (Wildman–Crippen MR) is 113 cm³/mol. The lowest BCUT2D eigenvalue weighted by molar-refractivity contribution is -0.118. The molecule has 0 saturated carbocycles. The third-order valence-corrected chi connectivity index (χ3v) is 5.28. The zero-order valence-electron chi connectivity index (χ0n) is 15.1. The Balaban J connectivity index is 1.50. The van der Waals surface area contributed by atoms with Gasteiger partial charge in [0.05, 0.1) is 5.75 Å². The quantitative estimate of drug-likeness (QED) is 0.463. The molecule has 0 bridgehead atoms. The highest BCUT2D eigenvalue weighted by Crippen LogP contribution is 2.21. The van der Waals surface area contributed by atoms with Crippen LogP contribution < -0.4 is 10.9 Å². The minimum absolute atomic E-state index is 0.146. The van der Waals surface area contributed by atoms with Crippen LogP contribution in [0.4, 0.5) is 0 Å². The second-order valence-electron chi connectivity index (χ2n) is 6.20. The van der Waals surface area contributed by atoms with Crippen LogP contribution in [0, 0.1) is 0 Å². The number of halogens is 1. The number of thioether (sulfide) groups is 1. The van der Waals surface area contributed by atoms with Crippen LogP contribution in [0.15, 0.2) is 70.6 Å². The molecule has 2 N–H and O–H groups in total. The molecule has 0 atom stereocenters. The third-order valence-electron chi connectivity index (χ3n) is 4.09. The Kier molecular flexibility index (Phi) is 5.64. The Morgan fingerprint density at radius 3 is 2.62 bits per heavy atom. The van der Waals surface area contributed by atoms with Gasteiger partial charge in [0.15, 0.2) is 16.6 Å². The molecule has 2 aromatic carbocycles. The summed E-state index contributed by atoms with van der Waals surface area (Å²) in [4.78, 5) is 33.0. The van der Waals surface area contributed by atoms with Gasteiger partial charge in [-0.3, -0.25) is 14.7 Å². The fourth-order valence-corrected chi connectivity index (χ4v) is 3.59. The zero-order valence-corrected chi connectivity index (χ0v) is 16.7. The van der Waals surface area contributed by atoms with Gasteiger partial charge >= 0.3 is 0 Å². The van der Waals surface area contributed by atoms with Gasteiger partial charge in [-0.25, -0.2) is 14.5 Å². The summed E-state index contributed by atoms with van der Waals surface area (Å²) in [7, 11) is 0. The Labute approximate surface area is 175 Å². The smallest absolute Gasteiger partial charge is 0.266 e. The lowest BCUT2D eigenvalue weighted by Crippen LogP contribution is -2.24. The summed E-state index contributed by atoms with van der Waals surface area (Å²) in [5.74, 6) is 0.495. The van der Waals surface area contributed by atoms with Gasteiger partial charge in [0.2, 0.25) is 5.91 Å². The molecule has 0 unspecified atom stereocenters. The topological polar surface area (TPSA) is 92.2 Å². The molecule has 1 amide bonds. The summed E-state index contributed by atoms with van der Waals surface area (Å²) in [5.41, 5.74) is 1.96. The number of rotatable bonds is 6. The number of fused-ring (bicyclic) bond motifs is 1. The summed E-state index contributed by atoms with van der Waals surface area (Å²) in [6.07, 6.45) is 0. The fourth-order valence-electron chi connectivity index (χ4n) is 2.68. The highest BCUT2D eigenvalue weighted by atomic mass is 35.5. The number of nitrogens with one attached hydrogen (secondary N) is 2. The van der Waals surface area contributed by atoms with E-state index in [1.54, 1.807) is 12.1 Å². The Hall–Kier alpha value is -3.10. The van der Waals surface area contributed by atoms with Crippen molar-refractivity contribution in [2.75, 3.05) is 5.75 Å². The summed E-state index contributed by atoms with van der Waals surface area (Å²) in [5, 5.41) is 6.66. The molecule has 0 fully saturated rings. The minimum Gasteiger partial charge on any atom is -0.351 e. The van der Waals surface area contributed by atoms with Gasteiger partial charge in [0.1, 0.15) is 0 Å². The van der Waals surface area contributed by atoms with Gasteiger partial charge < -0.3 is 5.32 Å². The average molecular weight is 426 g/mol. The SMILES string of the molecule is O=C(CSc1nc(-c2ccccc2)nc2cc(=O)[nH]n12)NCc1ccc(Cl)cc1. The Morgan fingerprint density at radius 1 is 1.10 bits per heavy atom. The summed E-state index contributed by atoms with van der Waals surface area (Å²) < 4.78 is 1.49. The fraction of sp³-hybridized carbons (Fsp3) is 0.100. The van der Waals surface area contributed by atoms with Crippen LogP contribution in [0.5, 0.6) is 0 Å². The highest BCUT2D eigenvalue weighted by molar-refractivity contribution is 7.99. The van der Waals surface area contributed by atoms with Gasteiger partial charge in [-0.2, -0.15) is 0 Å². The van der Waals surface area contributed by atoms with E-state index in [1.165, 1.54) is 22.3 Å². The number of carbonyl (C=O) groups excluding carboxylic acids is 1. The molecule has 2 heterocycles. The van der Waals surface area contributed by atoms with E-state index in [9.17, 15) is 9.59 Å². The van der Waals surface area contributed by atoms with Crippen LogP contribution in [0.2, 0.25) is 5.02 Å². The van der Waals surface area contributed by atoms with Crippen LogP contribution in [0.25, 0.3) is 17.0 Å². The Bertz CT molecular complexity index is 1210. The summed E-state index contributed by atoms with van der Waals surface area (Å²) in [6, 6.07) is 18.2. The molecule has 0 aliphatic heterocycles. The van der Waals surface area contributed by atoms with Gasteiger partial charge in [0.25, 0.3) is 5.56 Å². The molecule has 9 heteroatoms. The molecule has 4 rings (SSSR count). The lowest BCUT2D eigenvalue weighted by Gasteiger charge is -2.08. The molecule has 146 valence electrons. The number of amides is 1. The third kappa shape index (κ3) is 4.67. The zero-order chi connectivity index (χ0) is 20.2. The molecular formula is C20H16ClN5O2S. The number of nitrogens with zero attached hydrogens (tertiary/aromatic N) is 3. The van der Waals surface area contributed by atoms with E-state index >= 15 is 0 Å². The number of benzene rings is 2. The van der Waals surface area contributed by atoms with E-state index < -0.39 is 0 Å². The predicted octanol–water partition coefficient (Wildman–Crippen LogP) is 3.15. The standard InChI is InChI=1S/C20H16ClN5O2S/c21-15-8-6-13(7-9-15)11-22-18(28)12-29-20-24-19(14-4-2-1-3-5-14)23-16-10-17(27)25-26(16)20/h1-10H,11-12H2,(H,22,28)(H,25,27). The molecule has 2 aromatic heterocycles. The van der Waals surface area contributed by atoms with Gasteiger partial charge in [-0.1, -0.05) is 65.8 Å². The van der Waals surface area contributed by atoms with Crippen molar-refractivity contribution < 1.29 is 4.79 Å². The van der Waals surface area contributed by atoms with E-state index in [1.807, 2.05) is 42.5 Å². The maximum atomic E-state index is 12.3. The average Bonchev–Trinajstić information content (AvgIpc) is 3.12. The second-order valence-corrected chi connectivity index (χ2v) is 7.58. The van der Waals surface area contributed by atoms with E-state index in [2.05, 4.69) is 20.4 Å². The van der Waals surface area contributed by atoms with Crippen molar-refractivity contribution in [2.45, 2.75) is 11.7 Å². The van der Waals surface area contributed by atoms with E-state index in [0.717, 1.165) is 11.1 Å². The van der Waals surface area contributed by atoms with Crippen molar-refractivity contribution in [2.24, 2.45) is 0 Å². The number of aromatic amines is 1. The summed E-state index contributed by atoms with van der Waals surface area (Å²) >= 11 is 7.09. The molecule has 7 nitrogen and oxygen atoms in total. The number of aromatic nitrogens is 4. The molecule has 0 aliphatic carbocycles. The van der Waals surface area contributed by atoms with Crippen molar-refractivity contribution in [3.63, 3.8) is 0 Å². The molecule has 4 aromatic rings. The minimum atomic E-state index is -0.279. The van der Waals surface area contributed by atoms with Gasteiger partial charge in [-0.15, -0.1) is 0 Å². The maximum Gasteiger partial charge on any atom is 0.266 e. The molecule has 0 radical (unpaired) electrons. The van der Waals surface area contributed by atoms with Gasteiger partial charge in [0, 0.05) is 23.2 Å². The maximum absolute atomic E-state index is 12.3. The summed E-state index contributed by atoms with van der Waals surface area (Å²) in [6.45, 7) is 0.408. The van der Waals surface area contributed by atoms with E-state index in [4.69, 9.17) is 11.6 Å². The van der Waals surface area contributed by atoms with Gasteiger partial charge in [-0.05, 0) is 17.7 Å². The van der Waals surface area contributed by atoms with Crippen molar-refractivity contribution in [1.82, 2.24) is 24.9 Å². The van der Waals surface area contributed by atoms with Crippen molar-refractivity contribution in [1.29, 1.82) is 0 Å². The van der Waals surface area contributed by atoms with E-state index in [-0.39, 0.29) is 17.2 Å². The second kappa shape index (κ2) is 8.50. The normalized spacial score (nSPS) is 10.9. The number of hydrogen-bond acceptors (Lipinski definition) is 5. The van der Waals surface area contributed by atoms with Crippen LogP contribution in [0.3, 0.4) is 0 Å². The van der Waals surface area contributed by atoms with Crippen LogP contribution in [0.1, 0.15) is 5.56 Å². The molecule has 29 heavy (non-hydrogen) atoms. The first kappa shape index (κ1) is 19.2. The Morgan fingerprint density at radius 2 is 1.86 bits per heavy atom. The highest BCUT2D eigenvalue weighted by Gasteiger charge is 2.13. The first-order valence-electron chi connectivity index (χ1n) is 8.78. The van der Waals surface area contributed by atoms with Crippen molar-refractivity contribution in [3.05, 3.63) is 81.6 Å². The van der Waals surface area contributed by atoms with E-state index in [0.29, 0.717) is 28.2 Å². The van der Waals surface area contributed by atoms with Crippen LogP contribution >= 0.6 is 23.4 Å². The largest absolute Gasteiger partial charge is 0.351 e. The van der Waals surface area contributed by atoms with Crippen molar-refractivity contribution in [3.8, 4) is 11.4 Å². The lowest BCUT2D eigenvalue weighted by atomic mass is 10.2. The van der Waals surface area contributed by atoms with Crippen LogP contribution in [-0.2, 0) is 11.3 Å². The monoisotopic (exact) mass is 425 g/mol. The molecule has 0 spiro atoms. The molecule has 0 saturated heterocycles. The number of carbonyl (C=O) groups is 1. The molecule has 0 aliphatic rings. The molecular weight excluding hydrogens is 410 g/mol. The van der Waals surface area contributed by atoms with Crippen LogP contribution in [-0.4, -0.2) is 31.2 Å². The first-order valence-corrected chi connectivity index (χ1v) is 10.1.